The molecule has 0 spiro atoms. The van der Waals surface area contributed by atoms with Crippen molar-refractivity contribution in [1.29, 1.82) is 0 Å². The summed E-state index contributed by atoms with van der Waals surface area (Å²) in [7, 11) is 0. The van der Waals surface area contributed by atoms with Crippen LogP contribution in [-0.2, 0) is 4.79 Å². The van der Waals surface area contributed by atoms with Crippen molar-refractivity contribution < 1.29 is 9.53 Å². The van der Waals surface area contributed by atoms with Gasteiger partial charge in [-0.2, -0.15) is 0 Å². The fourth-order valence-corrected chi connectivity index (χ4v) is 2.46. The minimum absolute atomic E-state index is 0. The van der Waals surface area contributed by atoms with Gasteiger partial charge in [0.2, 0.25) is 5.91 Å². The van der Waals surface area contributed by atoms with Crippen LogP contribution in [0.25, 0.3) is 0 Å². The van der Waals surface area contributed by atoms with Crippen molar-refractivity contribution in [3.05, 3.63) is 29.8 Å². The van der Waals surface area contributed by atoms with E-state index in [0.717, 1.165) is 18.7 Å². The highest BCUT2D eigenvalue weighted by Crippen LogP contribution is 2.12. The molecular weight excluding hydrogens is 288 g/mol. The van der Waals surface area contributed by atoms with Gasteiger partial charge in [0.05, 0.1) is 6.54 Å². The molecular formula is C16H25ClN2O2. The predicted octanol–water partition coefficient (Wildman–Crippen LogP) is 2.44. The largest absolute Gasteiger partial charge is 0.492 e. The first-order valence-electron chi connectivity index (χ1n) is 7.43. The molecule has 118 valence electrons. The molecule has 1 atom stereocenters. The lowest BCUT2D eigenvalue weighted by Gasteiger charge is -2.10. The third-order valence-corrected chi connectivity index (χ3v) is 3.56. The first-order valence-corrected chi connectivity index (χ1v) is 7.43. The summed E-state index contributed by atoms with van der Waals surface area (Å²) in [5.74, 6) is 0.973. The molecule has 0 aliphatic carbocycles. The molecule has 0 saturated carbocycles. The monoisotopic (exact) mass is 312 g/mol. The first kappa shape index (κ1) is 17.8. The maximum atomic E-state index is 11.7. The lowest BCUT2D eigenvalue weighted by atomic mass is 10.1. The van der Waals surface area contributed by atoms with Gasteiger partial charge < -0.3 is 15.4 Å². The average Bonchev–Trinajstić information content (AvgIpc) is 2.95. The summed E-state index contributed by atoms with van der Waals surface area (Å²) >= 11 is 0. The molecule has 1 heterocycles. The molecule has 21 heavy (non-hydrogen) atoms. The van der Waals surface area contributed by atoms with Gasteiger partial charge in [0.25, 0.3) is 0 Å². The standard InChI is InChI=1S/C16H24N2O2.ClH/c1-13-4-2-6-15(12-13)20-11-10-18-16(19)8-7-14-5-3-9-17-14;/h2,4,6,12,14,17H,3,5,7-11H2,1H3,(H,18,19);1H. The normalized spacial score (nSPS) is 17.1. The van der Waals surface area contributed by atoms with Crippen molar-refractivity contribution in [3.63, 3.8) is 0 Å². The summed E-state index contributed by atoms with van der Waals surface area (Å²) in [6.07, 6.45) is 3.97. The minimum atomic E-state index is 0. The van der Waals surface area contributed by atoms with Gasteiger partial charge in [-0.1, -0.05) is 12.1 Å². The molecule has 5 heteroatoms. The summed E-state index contributed by atoms with van der Waals surface area (Å²) in [6.45, 7) is 4.20. The van der Waals surface area contributed by atoms with Crippen LogP contribution < -0.4 is 15.4 Å². The van der Waals surface area contributed by atoms with Crippen molar-refractivity contribution in [2.75, 3.05) is 19.7 Å². The lowest BCUT2D eigenvalue weighted by Crippen LogP contribution is -2.30. The summed E-state index contributed by atoms with van der Waals surface area (Å²) in [5, 5.41) is 6.30. The summed E-state index contributed by atoms with van der Waals surface area (Å²) in [6, 6.07) is 8.46. The second-order valence-corrected chi connectivity index (χ2v) is 5.35. The van der Waals surface area contributed by atoms with E-state index in [-0.39, 0.29) is 18.3 Å². The number of carbonyl (C=O) groups is 1. The van der Waals surface area contributed by atoms with Crippen molar-refractivity contribution >= 4 is 18.3 Å². The summed E-state index contributed by atoms with van der Waals surface area (Å²) in [5.41, 5.74) is 1.18. The van der Waals surface area contributed by atoms with Gasteiger partial charge in [0.1, 0.15) is 12.4 Å². The van der Waals surface area contributed by atoms with Crippen LogP contribution in [0.1, 0.15) is 31.2 Å². The second-order valence-electron chi connectivity index (χ2n) is 5.35. The zero-order chi connectivity index (χ0) is 14.2. The van der Waals surface area contributed by atoms with Crippen LogP contribution in [0.4, 0.5) is 0 Å². The number of nitrogens with one attached hydrogen (secondary N) is 2. The number of aryl methyl sites for hydroxylation is 1. The predicted molar refractivity (Wildman–Crippen MR) is 87.2 cm³/mol. The van der Waals surface area contributed by atoms with Crippen LogP contribution in [0, 0.1) is 6.92 Å². The Bertz CT molecular complexity index is 434. The molecule has 1 unspecified atom stereocenters. The number of hydrogen-bond donors (Lipinski definition) is 2. The Morgan fingerprint density at radius 1 is 1.48 bits per heavy atom. The van der Waals surface area contributed by atoms with Crippen molar-refractivity contribution in [1.82, 2.24) is 10.6 Å². The lowest BCUT2D eigenvalue weighted by molar-refractivity contribution is -0.121. The highest BCUT2D eigenvalue weighted by Gasteiger charge is 2.14. The van der Waals surface area contributed by atoms with Crippen LogP contribution in [0.3, 0.4) is 0 Å². The van der Waals surface area contributed by atoms with Crippen LogP contribution in [0.5, 0.6) is 5.75 Å². The van der Waals surface area contributed by atoms with Crippen molar-refractivity contribution in [3.8, 4) is 5.75 Å². The van der Waals surface area contributed by atoms with Gasteiger partial charge in [0, 0.05) is 12.5 Å². The van der Waals surface area contributed by atoms with Crippen LogP contribution in [0.2, 0.25) is 0 Å². The van der Waals surface area contributed by atoms with E-state index in [1.54, 1.807) is 0 Å². The van der Waals surface area contributed by atoms with Gasteiger partial charge in [-0.15, -0.1) is 12.4 Å². The van der Waals surface area contributed by atoms with Crippen LogP contribution >= 0.6 is 12.4 Å². The van der Waals surface area contributed by atoms with Crippen molar-refractivity contribution in [2.45, 2.75) is 38.6 Å². The number of rotatable bonds is 7. The average molecular weight is 313 g/mol. The summed E-state index contributed by atoms with van der Waals surface area (Å²) in [4.78, 5) is 11.7. The number of ether oxygens (including phenoxy) is 1. The van der Waals surface area contributed by atoms with E-state index in [0.29, 0.717) is 25.6 Å². The third-order valence-electron chi connectivity index (χ3n) is 3.56. The van der Waals surface area contributed by atoms with Gasteiger partial charge >= 0.3 is 0 Å². The van der Waals surface area contributed by atoms with E-state index in [4.69, 9.17) is 4.74 Å². The Labute approximate surface area is 133 Å². The molecule has 1 aliphatic heterocycles. The SMILES string of the molecule is Cc1cccc(OCCNC(=O)CCC2CCCN2)c1.Cl. The Hall–Kier alpha value is -1.26. The number of hydrogen-bond acceptors (Lipinski definition) is 3. The van der Waals surface area contributed by atoms with Gasteiger partial charge in [-0.3, -0.25) is 4.79 Å². The highest BCUT2D eigenvalue weighted by atomic mass is 35.5. The van der Waals surface area contributed by atoms with E-state index in [1.807, 2.05) is 31.2 Å². The number of amides is 1. The Morgan fingerprint density at radius 2 is 2.33 bits per heavy atom. The molecule has 2 N–H and O–H groups in total. The van der Waals surface area contributed by atoms with Crippen LogP contribution in [0.15, 0.2) is 24.3 Å². The molecule has 1 aromatic carbocycles. The maximum absolute atomic E-state index is 11.7. The first-order chi connectivity index (χ1) is 9.74. The molecule has 0 bridgehead atoms. The molecule has 1 aromatic rings. The number of carbonyl (C=O) groups excluding carboxylic acids is 1. The van der Waals surface area contributed by atoms with E-state index in [1.165, 1.54) is 18.4 Å². The molecule has 4 nitrogen and oxygen atoms in total. The quantitative estimate of drug-likeness (QED) is 0.760. The highest BCUT2D eigenvalue weighted by molar-refractivity contribution is 5.85. The maximum Gasteiger partial charge on any atom is 0.220 e. The van der Waals surface area contributed by atoms with E-state index >= 15 is 0 Å². The Morgan fingerprint density at radius 3 is 3.05 bits per heavy atom. The second kappa shape index (κ2) is 9.64. The molecule has 1 saturated heterocycles. The molecule has 0 aromatic heterocycles. The Kier molecular flexibility index (Phi) is 8.16. The van der Waals surface area contributed by atoms with Gasteiger partial charge in [-0.05, 0) is 50.4 Å². The number of halogens is 1. The Balaban J connectivity index is 0.00000220. The zero-order valence-electron chi connectivity index (χ0n) is 12.6. The van der Waals surface area contributed by atoms with Crippen LogP contribution in [-0.4, -0.2) is 31.6 Å². The molecule has 1 fully saturated rings. The number of benzene rings is 1. The zero-order valence-corrected chi connectivity index (χ0v) is 13.4. The van der Waals surface area contributed by atoms with E-state index < -0.39 is 0 Å². The molecule has 1 aliphatic rings. The van der Waals surface area contributed by atoms with E-state index in [9.17, 15) is 4.79 Å². The topological polar surface area (TPSA) is 50.4 Å². The molecule has 2 rings (SSSR count). The minimum Gasteiger partial charge on any atom is -0.492 e. The third kappa shape index (κ3) is 6.82. The van der Waals surface area contributed by atoms with Gasteiger partial charge in [0.15, 0.2) is 0 Å². The summed E-state index contributed by atoms with van der Waals surface area (Å²) < 4.78 is 5.59. The van der Waals surface area contributed by atoms with Crippen molar-refractivity contribution in [2.24, 2.45) is 0 Å². The van der Waals surface area contributed by atoms with E-state index in [2.05, 4.69) is 10.6 Å². The fourth-order valence-electron chi connectivity index (χ4n) is 2.46. The smallest absolute Gasteiger partial charge is 0.220 e. The molecule has 1 amide bonds. The molecule has 0 radical (unpaired) electrons. The van der Waals surface area contributed by atoms with Gasteiger partial charge in [-0.25, -0.2) is 0 Å². The fraction of sp³-hybridized carbons (Fsp3) is 0.562.